The van der Waals surface area contributed by atoms with Gasteiger partial charge in [0.1, 0.15) is 5.76 Å². The van der Waals surface area contributed by atoms with E-state index in [0.29, 0.717) is 0 Å². The van der Waals surface area contributed by atoms with Crippen molar-refractivity contribution < 1.29 is 4.42 Å². The van der Waals surface area contributed by atoms with Crippen molar-refractivity contribution in [2.45, 2.75) is 26.3 Å². The molecular formula is C15H17BrClNO. The fraction of sp³-hybridized carbons (Fsp3) is 0.333. The van der Waals surface area contributed by atoms with Crippen molar-refractivity contribution in [3.05, 3.63) is 56.9 Å². The van der Waals surface area contributed by atoms with Gasteiger partial charge in [-0.3, -0.25) is 0 Å². The lowest BCUT2D eigenvalue weighted by Crippen LogP contribution is -2.23. The van der Waals surface area contributed by atoms with Gasteiger partial charge >= 0.3 is 0 Å². The summed E-state index contributed by atoms with van der Waals surface area (Å²) in [6.45, 7) is 5.10. The Morgan fingerprint density at radius 1 is 1.37 bits per heavy atom. The molecule has 4 heteroatoms. The van der Waals surface area contributed by atoms with Gasteiger partial charge in [-0.2, -0.15) is 0 Å². The molecule has 0 bridgehead atoms. The number of nitrogens with one attached hydrogen (secondary N) is 1. The topological polar surface area (TPSA) is 25.2 Å². The van der Waals surface area contributed by atoms with Gasteiger partial charge in [-0.25, -0.2) is 0 Å². The minimum Gasteiger partial charge on any atom is -0.466 e. The SMILES string of the molecule is CCCNC(c1cccc(Cl)c1C)c1occc1Br. The van der Waals surface area contributed by atoms with Crippen molar-refractivity contribution in [1.29, 1.82) is 0 Å². The first-order valence-corrected chi connectivity index (χ1v) is 7.53. The summed E-state index contributed by atoms with van der Waals surface area (Å²) < 4.78 is 6.59. The predicted molar refractivity (Wildman–Crippen MR) is 82.7 cm³/mol. The zero-order chi connectivity index (χ0) is 13.8. The van der Waals surface area contributed by atoms with E-state index in [2.05, 4.69) is 34.2 Å². The number of rotatable bonds is 5. The van der Waals surface area contributed by atoms with E-state index in [9.17, 15) is 0 Å². The maximum Gasteiger partial charge on any atom is 0.139 e. The van der Waals surface area contributed by atoms with E-state index in [1.54, 1.807) is 6.26 Å². The second-order valence-electron chi connectivity index (χ2n) is 4.47. The van der Waals surface area contributed by atoms with Crippen LogP contribution in [-0.2, 0) is 0 Å². The molecule has 1 aromatic heterocycles. The monoisotopic (exact) mass is 341 g/mol. The first-order valence-electron chi connectivity index (χ1n) is 6.36. The van der Waals surface area contributed by atoms with Gasteiger partial charge in [0.25, 0.3) is 0 Å². The van der Waals surface area contributed by atoms with Crippen molar-refractivity contribution in [2.75, 3.05) is 6.54 Å². The van der Waals surface area contributed by atoms with Crippen molar-refractivity contribution in [2.24, 2.45) is 0 Å². The van der Waals surface area contributed by atoms with Gasteiger partial charge in [-0.05, 0) is 59.1 Å². The Balaban J connectivity index is 2.43. The lowest BCUT2D eigenvalue weighted by molar-refractivity contribution is 0.443. The molecule has 1 heterocycles. The van der Waals surface area contributed by atoms with Gasteiger partial charge < -0.3 is 9.73 Å². The molecule has 0 aliphatic carbocycles. The molecule has 2 nitrogen and oxygen atoms in total. The summed E-state index contributed by atoms with van der Waals surface area (Å²) in [5.74, 6) is 0.888. The van der Waals surface area contributed by atoms with Crippen LogP contribution in [0.15, 0.2) is 39.4 Å². The van der Waals surface area contributed by atoms with Crippen LogP contribution >= 0.6 is 27.5 Å². The average Bonchev–Trinajstić information content (AvgIpc) is 2.81. The Kier molecular flexibility index (Phi) is 5.08. The number of hydrogen-bond donors (Lipinski definition) is 1. The second-order valence-corrected chi connectivity index (χ2v) is 5.74. The van der Waals surface area contributed by atoms with Crippen LogP contribution in [0.2, 0.25) is 5.02 Å². The highest BCUT2D eigenvalue weighted by Gasteiger charge is 2.21. The summed E-state index contributed by atoms with van der Waals surface area (Å²) in [6, 6.07) is 7.90. The number of halogens is 2. The minimum absolute atomic E-state index is 0.0167. The van der Waals surface area contributed by atoms with E-state index in [1.165, 1.54) is 0 Å². The van der Waals surface area contributed by atoms with Gasteiger partial charge in [0.05, 0.1) is 16.8 Å². The van der Waals surface area contributed by atoms with Gasteiger partial charge in [0.15, 0.2) is 0 Å². The number of furan rings is 1. The molecule has 0 aliphatic heterocycles. The fourth-order valence-corrected chi connectivity index (χ4v) is 2.69. The van der Waals surface area contributed by atoms with Gasteiger partial charge in [0.2, 0.25) is 0 Å². The van der Waals surface area contributed by atoms with E-state index in [-0.39, 0.29) is 6.04 Å². The maximum absolute atomic E-state index is 6.22. The zero-order valence-corrected chi connectivity index (χ0v) is 13.4. The lowest BCUT2D eigenvalue weighted by Gasteiger charge is -2.20. The van der Waals surface area contributed by atoms with Gasteiger partial charge in [0, 0.05) is 5.02 Å². The summed E-state index contributed by atoms with van der Waals surface area (Å²) in [6.07, 6.45) is 2.76. The van der Waals surface area contributed by atoms with E-state index in [0.717, 1.165) is 39.3 Å². The first kappa shape index (κ1) is 14.6. The molecule has 1 unspecified atom stereocenters. The molecule has 0 amide bonds. The number of benzene rings is 1. The third kappa shape index (κ3) is 3.22. The van der Waals surface area contributed by atoms with Crippen LogP contribution in [0.1, 0.15) is 36.3 Å². The molecule has 102 valence electrons. The Bertz CT molecular complexity index is 553. The third-order valence-electron chi connectivity index (χ3n) is 3.13. The van der Waals surface area contributed by atoms with Gasteiger partial charge in [-0.15, -0.1) is 0 Å². The Morgan fingerprint density at radius 3 is 2.79 bits per heavy atom. The molecule has 0 spiro atoms. The quantitative estimate of drug-likeness (QED) is 0.818. The summed E-state index contributed by atoms with van der Waals surface area (Å²) in [4.78, 5) is 0. The van der Waals surface area contributed by atoms with Crippen LogP contribution in [0.5, 0.6) is 0 Å². The van der Waals surface area contributed by atoms with Crippen LogP contribution in [0.3, 0.4) is 0 Å². The predicted octanol–water partition coefficient (Wildman–Crippen LogP) is 5.09. The van der Waals surface area contributed by atoms with Crippen LogP contribution < -0.4 is 5.32 Å². The van der Waals surface area contributed by atoms with Gasteiger partial charge in [-0.1, -0.05) is 30.7 Å². The van der Waals surface area contributed by atoms with Crippen LogP contribution in [0, 0.1) is 6.92 Å². The van der Waals surface area contributed by atoms with Crippen molar-refractivity contribution in [1.82, 2.24) is 5.32 Å². The molecule has 0 aliphatic rings. The molecular weight excluding hydrogens is 326 g/mol. The molecule has 1 N–H and O–H groups in total. The second kappa shape index (κ2) is 6.60. The molecule has 19 heavy (non-hydrogen) atoms. The molecule has 1 aromatic carbocycles. The zero-order valence-electron chi connectivity index (χ0n) is 11.0. The standard InChI is InChI=1S/C15H17BrClNO/c1-3-8-18-14(15-12(16)7-9-19-15)11-5-4-6-13(17)10(11)2/h4-7,9,14,18H,3,8H2,1-2H3. The van der Waals surface area contributed by atoms with Crippen LogP contribution in [0.25, 0.3) is 0 Å². The Morgan fingerprint density at radius 2 is 2.16 bits per heavy atom. The van der Waals surface area contributed by atoms with E-state index < -0.39 is 0 Å². The molecule has 2 aromatic rings. The van der Waals surface area contributed by atoms with Crippen molar-refractivity contribution >= 4 is 27.5 Å². The maximum atomic E-state index is 6.22. The van der Waals surface area contributed by atoms with Crippen molar-refractivity contribution in [3.63, 3.8) is 0 Å². The van der Waals surface area contributed by atoms with E-state index in [4.69, 9.17) is 16.0 Å². The smallest absolute Gasteiger partial charge is 0.139 e. The molecule has 2 rings (SSSR count). The first-order chi connectivity index (χ1) is 9.15. The largest absolute Gasteiger partial charge is 0.466 e. The van der Waals surface area contributed by atoms with Crippen LogP contribution in [0.4, 0.5) is 0 Å². The van der Waals surface area contributed by atoms with E-state index >= 15 is 0 Å². The lowest BCUT2D eigenvalue weighted by atomic mass is 9.99. The highest BCUT2D eigenvalue weighted by atomic mass is 79.9. The summed E-state index contributed by atoms with van der Waals surface area (Å²) in [5.41, 5.74) is 2.23. The average molecular weight is 343 g/mol. The number of hydrogen-bond acceptors (Lipinski definition) is 2. The summed E-state index contributed by atoms with van der Waals surface area (Å²) in [7, 11) is 0. The molecule has 0 saturated heterocycles. The fourth-order valence-electron chi connectivity index (χ4n) is 2.08. The molecule has 0 saturated carbocycles. The molecule has 1 atom stereocenters. The Hall–Kier alpha value is -0.770. The summed E-state index contributed by atoms with van der Waals surface area (Å²) in [5, 5.41) is 4.30. The summed E-state index contributed by atoms with van der Waals surface area (Å²) >= 11 is 9.76. The van der Waals surface area contributed by atoms with E-state index in [1.807, 2.05) is 25.1 Å². The minimum atomic E-state index is 0.0167. The molecule has 0 fully saturated rings. The normalized spacial score (nSPS) is 12.6. The van der Waals surface area contributed by atoms with Crippen molar-refractivity contribution in [3.8, 4) is 0 Å². The molecule has 0 radical (unpaired) electrons. The highest BCUT2D eigenvalue weighted by Crippen LogP contribution is 2.33. The third-order valence-corrected chi connectivity index (χ3v) is 4.19. The highest BCUT2D eigenvalue weighted by molar-refractivity contribution is 9.10. The Labute approximate surface area is 127 Å². The van der Waals surface area contributed by atoms with Crippen LogP contribution in [-0.4, -0.2) is 6.54 Å².